The van der Waals surface area contributed by atoms with Gasteiger partial charge < -0.3 is 11.1 Å². The van der Waals surface area contributed by atoms with E-state index in [2.05, 4.69) is 20.3 Å². The molecule has 2 heterocycles. The van der Waals surface area contributed by atoms with E-state index >= 15 is 0 Å². The van der Waals surface area contributed by atoms with Crippen LogP contribution in [0.3, 0.4) is 0 Å². The van der Waals surface area contributed by atoms with Crippen molar-refractivity contribution in [3.63, 3.8) is 0 Å². The molecule has 3 rings (SSSR count). The van der Waals surface area contributed by atoms with Crippen LogP contribution in [-0.4, -0.2) is 20.9 Å². The molecule has 1 amide bonds. The van der Waals surface area contributed by atoms with E-state index in [0.29, 0.717) is 5.69 Å². The first-order chi connectivity index (χ1) is 12.0. The minimum atomic E-state index is -0.624. The molecule has 0 spiro atoms. The van der Waals surface area contributed by atoms with Crippen molar-refractivity contribution in [2.75, 3.05) is 5.73 Å². The molecule has 3 aromatic rings. The van der Waals surface area contributed by atoms with E-state index in [-0.39, 0.29) is 29.3 Å². The van der Waals surface area contributed by atoms with Crippen LogP contribution in [0.5, 0.6) is 0 Å². The number of anilines is 1. The number of carbonyl (C=O) groups excluding carboxylic acids is 1. The van der Waals surface area contributed by atoms with Crippen molar-refractivity contribution in [2.24, 2.45) is 0 Å². The standard InChI is InChI=1S/C17H14FN5O2/c18-12-6-10(14-8-15(24)23-17(19)22-14)5-11(7-12)16(25)21-9-13-3-1-2-4-20-13/h1-8H,9H2,(H,21,25)(H3,19,22,23,24). The van der Waals surface area contributed by atoms with Gasteiger partial charge in [-0.1, -0.05) is 6.07 Å². The Kier molecular flexibility index (Phi) is 4.51. The molecule has 0 fully saturated rings. The molecule has 0 unspecified atom stereocenters. The molecule has 7 nitrogen and oxygen atoms in total. The second-order valence-corrected chi connectivity index (χ2v) is 5.25. The van der Waals surface area contributed by atoms with Gasteiger partial charge in [0.15, 0.2) is 0 Å². The average molecular weight is 339 g/mol. The molecule has 1 aromatic carbocycles. The van der Waals surface area contributed by atoms with Crippen molar-refractivity contribution >= 4 is 11.9 Å². The number of benzene rings is 1. The second kappa shape index (κ2) is 6.91. The summed E-state index contributed by atoms with van der Waals surface area (Å²) in [6.07, 6.45) is 1.62. The zero-order valence-corrected chi connectivity index (χ0v) is 13.0. The normalized spacial score (nSPS) is 10.4. The number of pyridine rings is 1. The van der Waals surface area contributed by atoms with Crippen molar-refractivity contribution in [3.05, 3.63) is 76.1 Å². The Labute approximate surface area is 141 Å². The highest BCUT2D eigenvalue weighted by molar-refractivity contribution is 5.95. The maximum atomic E-state index is 13.9. The van der Waals surface area contributed by atoms with Gasteiger partial charge in [0.25, 0.3) is 11.5 Å². The summed E-state index contributed by atoms with van der Waals surface area (Å²) in [7, 11) is 0. The summed E-state index contributed by atoms with van der Waals surface area (Å²) in [5.41, 5.74) is 6.27. The number of nitrogen functional groups attached to an aromatic ring is 1. The lowest BCUT2D eigenvalue weighted by molar-refractivity contribution is 0.0950. The summed E-state index contributed by atoms with van der Waals surface area (Å²) in [6.45, 7) is 0.210. The fraction of sp³-hybridized carbons (Fsp3) is 0.0588. The van der Waals surface area contributed by atoms with Crippen LogP contribution in [0.4, 0.5) is 10.3 Å². The lowest BCUT2D eigenvalue weighted by atomic mass is 10.1. The predicted octanol–water partition coefficient (Wildman–Crippen LogP) is 1.48. The number of aromatic amines is 1. The van der Waals surface area contributed by atoms with Gasteiger partial charge in [0.05, 0.1) is 17.9 Å². The average Bonchev–Trinajstić information content (AvgIpc) is 2.59. The summed E-state index contributed by atoms with van der Waals surface area (Å²) in [4.78, 5) is 34.1. The Morgan fingerprint density at radius 3 is 2.80 bits per heavy atom. The van der Waals surface area contributed by atoms with Crippen LogP contribution in [0.1, 0.15) is 16.1 Å². The molecule has 0 aliphatic rings. The molecule has 0 atom stereocenters. The van der Waals surface area contributed by atoms with E-state index in [0.717, 1.165) is 6.07 Å². The molecular formula is C17H14FN5O2. The Bertz CT molecular complexity index is 972. The number of nitrogens with zero attached hydrogens (tertiary/aromatic N) is 2. The Morgan fingerprint density at radius 1 is 1.24 bits per heavy atom. The third kappa shape index (κ3) is 4.05. The third-order valence-corrected chi connectivity index (χ3v) is 3.37. The second-order valence-electron chi connectivity index (χ2n) is 5.25. The maximum Gasteiger partial charge on any atom is 0.252 e. The monoisotopic (exact) mass is 339 g/mol. The number of hydrogen-bond donors (Lipinski definition) is 3. The van der Waals surface area contributed by atoms with Crippen molar-refractivity contribution < 1.29 is 9.18 Å². The number of rotatable bonds is 4. The smallest absolute Gasteiger partial charge is 0.252 e. The Morgan fingerprint density at radius 2 is 2.08 bits per heavy atom. The molecule has 0 saturated carbocycles. The first-order valence-electron chi connectivity index (χ1n) is 7.37. The third-order valence-electron chi connectivity index (χ3n) is 3.37. The lowest BCUT2D eigenvalue weighted by Crippen LogP contribution is -2.23. The fourth-order valence-corrected chi connectivity index (χ4v) is 2.27. The predicted molar refractivity (Wildman–Crippen MR) is 90.1 cm³/mol. The van der Waals surface area contributed by atoms with Gasteiger partial charge in [-0.3, -0.25) is 19.6 Å². The number of amides is 1. The molecular weight excluding hydrogens is 325 g/mol. The van der Waals surface area contributed by atoms with Crippen molar-refractivity contribution in [1.82, 2.24) is 20.3 Å². The van der Waals surface area contributed by atoms with E-state index in [9.17, 15) is 14.0 Å². The van der Waals surface area contributed by atoms with Gasteiger partial charge >= 0.3 is 0 Å². The van der Waals surface area contributed by atoms with Gasteiger partial charge in [-0.15, -0.1) is 0 Å². The summed E-state index contributed by atoms with van der Waals surface area (Å²) in [6, 6.07) is 10.2. The topological polar surface area (TPSA) is 114 Å². The van der Waals surface area contributed by atoms with Gasteiger partial charge in [0, 0.05) is 23.4 Å². The zero-order chi connectivity index (χ0) is 17.8. The van der Waals surface area contributed by atoms with Crippen LogP contribution in [0.15, 0.2) is 53.5 Å². The van der Waals surface area contributed by atoms with E-state index < -0.39 is 17.3 Å². The molecule has 25 heavy (non-hydrogen) atoms. The maximum absolute atomic E-state index is 13.9. The zero-order valence-electron chi connectivity index (χ0n) is 13.0. The van der Waals surface area contributed by atoms with Crippen molar-refractivity contribution in [1.29, 1.82) is 0 Å². The number of nitrogens with two attached hydrogens (primary N) is 1. The van der Waals surface area contributed by atoms with E-state index in [4.69, 9.17) is 5.73 Å². The van der Waals surface area contributed by atoms with Crippen LogP contribution in [0.25, 0.3) is 11.3 Å². The van der Waals surface area contributed by atoms with Crippen LogP contribution < -0.4 is 16.6 Å². The van der Waals surface area contributed by atoms with Crippen molar-refractivity contribution in [2.45, 2.75) is 6.54 Å². The minimum absolute atomic E-state index is 0.0899. The van der Waals surface area contributed by atoms with Gasteiger partial charge in [-0.05, 0) is 30.3 Å². The molecule has 0 radical (unpaired) electrons. The number of carbonyl (C=O) groups is 1. The quantitative estimate of drug-likeness (QED) is 0.666. The minimum Gasteiger partial charge on any atom is -0.369 e. The van der Waals surface area contributed by atoms with E-state index in [1.165, 1.54) is 18.2 Å². The van der Waals surface area contributed by atoms with Crippen LogP contribution in [0, 0.1) is 5.82 Å². The highest BCUT2D eigenvalue weighted by atomic mass is 19.1. The van der Waals surface area contributed by atoms with Crippen LogP contribution >= 0.6 is 0 Å². The van der Waals surface area contributed by atoms with Gasteiger partial charge in [0.1, 0.15) is 5.82 Å². The first kappa shape index (κ1) is 16.3. The van der Waals surface area contributed by atoms with Gasteiger partial charge in [-0.25, -0.2) is 9.37 Å². The largest absolute Gasteiger partial charge is 0.369 e. The molecule has 126 valence electrons. The molecule has 4 N–H and O–H groups in total. The van der Waals surface area contributed by atoms with Gasteiger partial charge in [-0.2, -0.15) is 0 Å². The van der Waals surface area contributed by atoms with Gasteiger partial charge in [0.2, 0.25) is 5.95 Å². The molecule has 0 aliphatic heterocycles. The molecule has 0 bridgehead atoms. The van der Waals surface area contributed by atoms with E-state index in [1.807, 2.05) is 0 Å². The summed E-state index contributed by atoms with van der Waals surface area (Å²) < 4.78 is 13.9. The van der Waals surface area contributed by atoms with Crippen LogP contribution in [0.2, 0.25) is 0 Å². The summed E-state index contributed by atoms with van der Waals surface area (Å²) >= 11 is 0. The Balaban J connectivity index is 1.86. The highest BCUT2D eigenvalue weighted by Gasteiger charge is 2.12. The lowest BCUT2D eigenvalue weighted by Gasteiger charge is -2.08. The SMILES string of the molecule is Nc1nc(-c2cc(F)cc(C(=O)NCc3ccccn3)c2)cc(=O)[nH]1. The number of aromatic nitrogens is 3. The number of halogens is 1. The summed E-state index contributed by atoms with van der Waals surface area (Å²) in [5.74, 6) is -1.18. The number of nitrogens with one attached hydrogen (secondary N) is 2. The first-order valence-corrected chi connectivity index (χ1v) is 7.37. The van der Waals surface area contributed by atoms with Crippen LogP contribution in [-0.2, 0) is 6.54 Å². The number of hydrogen-bond acceptors (Lipinski definition) is 5. The molecule has 8 heteroatoms. The molecule has 0 aliphatic carbocycles. The Hall–Kier alpha value is -3.55. The van der Waals surface area contributed by atoms with E-state index in [1.54, 1.807) is 24.4 Å². The number of H-pyrrole nitrogens is 1. The molecule has 2 aromatic heterocycles. The summed E-state index contributed by atoms with van der Waals surface area (Å²) in [5, 5.41) is 2.66. The fourth-order valence-electron chi connectivity index (χ4n) is 2.27. The molecule has 0 saturated heterocycles. The highest BCUT2D eigenvalue weighted by Crippen LogP contribution is 2.19. The van der Waals surface area contributed by atoms with Crippen molar-refractivity contribution in [3.8, 4) is 11.3 Å².